The van der Waals surface area contributed by atoms with Gasteiger partial charge in [-0.25, -0.2) is 4.79 Å². The van der Waals surface area contributed by atoms with E-state index in [-0.39, 0.29) is 12.1 Å². The zero-order chi connectivity index (χ0) is 19.3. The Hall–Kier alpha value is -2.53. The number of fused-ring (bicyclic) bond motifs is 1. The van der Waals surface area contributed by atoms with Crippen LogP contribution in [0.1, 0.15) is 36.4 Å². The van der Waals surface area contributed by atoms with E-state index in [0.717, 1.165) is 31.7 Å². The molecule has 0 spiro atoms. The van der Waals surface area contributed by atoms with Gasteiger partial charge in [-0.3, -0.25) is 4.90 Å². The van der Waals surface area contributed by atoms with Crippen LogP contribution in [0.4, 0.5) is 16.2 Å². The number of para-hydroxylation sites is 1. The first-order valence-electron chi connectivity index (χ1n) is 10.4. The van der Waals surface area contributed by atoms with E-state index in [0.29, 0.717) is 6.54 Å². The quantitative estimate of drug-likeness (QED) is 0.826. The topological polar surface area (TPSA) is 47.6 Å². The van der Waals surface area contributed by atoms with Gasteiger partial charge in [-0.05, 0) is 68.1 Å². The van der Waals surface area contributed by atoms with Crippen LogP contribution in [0.3, 0.4) is 0 Å². The minimum absolute atomic E-state index is 0.145. The van der Waals surface area contributed by atoms with E-state index in [4.69, 9.17) is 0 Å². The van der Waals surface area contributed by atoms with Crippen molar-refractivity contribution in [1.82, 2.24) is 10.2 Å². The van der Waals surface area contributed by atoms with Crippen LogP contribution in [0.2, 0.25) is 0 Å². The third kappa shape index (κ3) is 4.30. The van der Waals surface area contributed by atoms with Crippen LogP contribution in [-0.2, 0) is 6.42 Å². The molecular weight excluding hydrogens is 348 g/mol. The highest BCUT2D eigenvalue weighted by Crippen LogP contribution is 2.31. The van der Waals surface area contributed by atoms with Crippen molar-refractivity contribution in [3.63, 3.8) is 0 Å². The van der Waals surface area contributed by atoms with Crippen molar-refractivity contribution >= 4 is 17.4 Å². The lowest BCUT2D eigenvalue weighted by Gasteiger charge is -2.32. The van der Waals surface area contributed by atoms with Crippen molar-refractivity contribution in [1.29, 1.82) is 0 Å². The van der Waals surface area contributed by atoms with Gasteiger partial charge in [0, 0.05) is 31.5 Å². The Morgan fingerprint density at radius 1 is 1.04 bits per heavy atom. The van der Waals surface area contributed by atoms with Gasteiger partial charge in [-0.15, -0.1) is 0 Å². The minimum atomic E-state index is -0.145. The van der Waals surface area contributed by atoms with Crippen molar-refractivity contribution < 1.29 is 4.79 Å². The second kappa shape index (κ2) is 8.65. The Morgan fingerprint density at radius 2 is 1.82 bits per heavy atom. The highest BCUT2D eigenvalue weighted by Gasteiger charge is 2.25. The lowest BCUT2D eigenvalue weighted by molar-refractivity contribution is 0.227. The molecule has 2 aliphatic heterocycles. The molecule has 28 heavy (non-hydrogen) atoms. The summed E-state index contributed by atoms with van der Waals surface area (Å²) in [5.41, 5.74) is 4.92. The second-order valence-corrected chi connectivity index (χ2v) is 7.87. The molecule has 5 heteroatoms. The first-order chi connectivity index (χ1) is 13.7. The number of rotatable bonds is 5. The van der Waals surface area contributed by atoms with Crippen LogP contribution >= 0.6 is 0 Å². The van der Waals surface area contributed by atoms with Gasteiger partial charge in [0.1, 0.15) is 0 Å². The third-order valence-electron chi connectivity index (χ3n) is 5.91. The van der Waals surface area contributed by atoms with E-state index in [9.17, 15) is 4.79 Å². The SMILES string of the molecule is CN1CCCc2cc(C(CNC(=O)Nc3ccccc3)N3CCCC3)ccc21. The number of anilines is 2. The number of hydrogen-bond donors (Lipinski definition) is 2. The lowest BCUT2D eigenvalue weighted by atomic mass is 9.96. The van der Waals surface area contributed by atoms with Crippen LogP contribution in [0.25, 0.3) is 0 Å². The van der Waals surface area contributed by atoms with Crippen LogP contribution < -0.4 is 15.5 Å². The van der Waals surface area contributed by atoms with Crippen molar-refractivity contribution in [3.05, 3.63) is 59.7 Å². The van der Waals surface area contributed by atoms with Gasteiger partial charge in [0.25, 0.3) is 0 Å². The van der Waals surface area contributed by atoms with E-state index in [1.54, 1.807) is 0 Å². The Labute approximate surface area is 167 Å². The second-order valence-electron chi connectivity index (χ2n) is 7.87. The molecule has 0 aromatic heterocycles. The molecule has 148 valence electrons. The molecule has 2 aliphatic rings. The van der Waals surface area contributed by atoms with Crippen LogP contribution in [0, 0.1) is 0 Å². The Kier molecular flexibility index (Phi) is 5.81. The predicted molar refractivity (Wildman–Crippen MR) is 115 cm³/mol. The summed E-state index contributed by atoms with van der Waals surface area (Å²) in [5.74, 6) is 0. The van der Waals surface area contributed by atoms with Crippen LogP contribution in [0.5, 0.6) is 0 Å². The van der Waals surface area contributed by atoms with Crippen LogP contribution in [0.15, 0.2) is 48.5 Å². The molecule has 2 aromatic carbocycles. The summed E-state index contributed by atoms with van der Waals surface area (Å²) in [6.45, 7) is 3.95. The molecule has 1 saturated heterocycles. The molecule has 1 fully saturated rings. The average molecular weight is 379 g/mol. The van der Waals surface area contributed by atoms with E-state index in [1.165, 1.54) is 36.1 Å². The highest BCUT2D eigenvalue weighted by molar-refractivity contribution is 5.89. The number of aryl methyl sites for hydroxylation is 1. The van der Waals surface area contributed by atoms with Crippen molar-refractivity contribution in [3.8, 4) is 0 Å². The van der Waals surface area contributed by atoms with Crippen LogP contribution in [-0.4, -0.2) is 44.2 Å². The van der Waals surface area contributed by atoms with Gasteiger partial charge in [-0.2, -0.15) is 0 Å². The molecule has 2 amide bonds. The maximum absolute atomic E-state index is 12.4. The first kappa shape index (κ1) is 18.8. The third-order valence-corrected chi connectivity index (χ3v) is 5.91. The number of hydrogen-bond acceptors (Lipinski definition) is 3. The summed E-state index contributed by atoms with van der Waals surface area (Å²) < 4.78 is 0. The fraction of sp³-hybridized carbons (Fsp3) is 0.435. The fourth-order valence-corrected chi connectivity index (χ4v) is 4.41. The summed E-state index contributed by atoms with van der Waals surface area (Å²) in [6, 6.07) is 16.5. The van der Waals surface area contributed by atoms with Crippen molar-refractivity contribution in [2.75, 3.05) is 43.4 Å². The molecule has 5 nitrogen and oxygen atoms in total. The van der Waals surface area contributed by atoms with Gasteiger partial charge in [0.2, 0.25) is 0 Å². The van der Waals surface area contributed by atoms with Crippen molar-refractivity contribution in [2.45, 2.75) is 31.7 Å². The number of carbonyl (C=O) groups excluding carboxylic acids is 1. The fourth-order valence-electron chi connectivity index (χ4n) is 4.41. The van der Waals surface area contributed by atoms with Gasteiger partial charge in [0.05, 0.1) is 6.04 Å². The first-order valence-corrected chi connectivity index (χ1v) is 10.4. The summed E-state index contributed by atoms with van der Waals surface area (Å²) >= 11 is 0. The molecule has 0 bridgehead atoms. The number of nitrogens with one attached hydrogen (secondary N) is 2. The Balaban J connectivity index is 1.47. The molecule has 2 aromatic rings. The molecule has 0 saturated carbocycles. The van der Waals surface area contributed by atoms with Crippen molar-refractivity contribution in [2.24, 2.45) is 0 Å². The molecule has 0 radical (unpaired) electrons. The maximum Gasteiger partial charge on any atom is 0.319 e. The predicted octanol–water partition coefficient (Wildman–Crippen LogP) is 4.03. The molecular formula is C23H30N4O. The Bertz CT molecular complexity index is 802. The van der Waals surface area contributed by atoms with E-state index >= 15 is 0 Å². The summed E-state index contributed by atoms with van der Waals surface area (Å²) in [5, 5.41) is 6.01. The number of carbonyl (C=O) groups is 1. The number of urea groups is 1. The number of nitrogens with zero attached hydrogens (tertiary/aromatic N) is 2. The molecule has 4 rings (SSSR count). The van der Waals surface area contributed by atoms with E-state index in [1.807, 2.05) is 30.3 Å². The van der Waals surface area contributed by atoms with Gasteiger partial charge in [-0.1, -0.05) is 30.3 Å². The number of benzene rings is 2. The summed E-state index contributed by atoms with van der Waals surface area (Å²) in [7, 11) is 2.17. The molecule has 1 unspecified atom stereocenters. The molecule has 2 heterocycles. The summed E-state index contributed by atoms with van der Waals surface area (Å²) in [6.07, 6.45) is 4.82. The highest BCUT2D eigenvalue weighted by atomic mass is 16.2. The standard InChI is InChI=1S/C23H30N4O/c1-26-13-7-8-18-16-19(11-12-21(18)26)22(27-14-5-6-15-27)17-24-23(28)25-20-9-3-2-4-10-20/h2-4,9-12,16,22H,5-8,13-15,17H2,1H3,(H2,24,25,28). The van der Waals surface area contributed by atoms with E-state index < -0.39 is 0 Å². The zero-order valence-electron chi connectivity index (χ0n) is 16.7. The number of amides is 2. The van der Waals surface area contributed by atoms with Gasteiger partial charge < -0.3 is 15.5 Å². The normalized spacial score (nSPS) is 17.8. The average Bonchev–Trinajstić information content (AvgIpc) is 3.23. The Morgan fingerprint density at radius 3 is 2.61 bits per heavy atom. The number of likely N-dealkylation sites (tertiary alicyclic amines) is 1. The molecule has 0 aliphatic carbocycles. The largest absolute Gasteiger partial charge is 0.374 e. The zero-order valence-corrected chi connectivity index (χ0v) is 16.7. The van der Waals surface area contributed by atoms with Gasteiger partial charge in [0.15, 0.2) is 0 Å². The van der Waals surface area contributed by atoms with E-state index in [2.05, 4.69) is 45.7 Å². The maximum atomic E-state index is 12.4. The molecule has 1 atom stereocenters. The smallest absolute Gasteiger partial charge is 0.319 e. The molecule has 2 N–H and O–H groups in total. The summed E-state index contributed by atoms with van der Waals surface area (Å²) in [4.78, 5) is 17.2. The lowest BCUT2D eigenvalue weighted by Crippen LogP contribution is -2.38. The monoisotopic (exact) mass is 378 g/mol. The van der Waals surface area contributed by atoms with Gasteiger partial charge >= 0.3 is 6.03 Å². The minimum Gasteiger partial charge on any atom is -0.374 e.